The van der Waals surface area contributed by atoms with Crippen molar-refractivity contribution in [2.24, 2.45) is 5.90 Å². The van der Waals surface area contributed by atoms with E-state index in [2.05, 4.69) is 5.32 Å². The maximum Gasteiger partial charge on any atom is 0.407 e. The zero-order valence-corrected chi connectivity index (χ0v) is 9.51. The fourth-order valence-electron chi connectivity index (χ4n) is 1.40. The molecular weight excluding hydrogens is 184 g/mol. The highest BCUT2D eigenvalue weighted by Crippen LogP contribution is 2.25. The molecule has 0 spiro atoms. The predicted octanol–water partition coefficient (Wildman–Crippen LogP) is 1.18. The molecule has 0 aliphatic carbocycles. The number of hydrogen-bond acceptors (Lipinski definition) is 4. The maximum absolute atomic E-state index is 11.0. The molecule has 0 atom stereocenters. The number of nitrogens with two attached hydrogens (primary N) is 1. The van der Waals surface area contributed by atoms with E-state index in [1.807, 2.05) is 27.7 Å². The van der Waals surface area contributed by atoms with Crippen molar-refractivity contribution in [3.63, 3.8) is 0 Å². The Morgan fingerprint density at radius 3 is 2.14 bits per heavy atom. The minimum atomic E-state index is -0.608. The summed E-state index contributed by atoms with van der Waals surface area (Å²) in [6.45, 7) is 7.29. The molecule has 5 nitrogen and oxygen atoms in total. The van der Waals surface area contributed by atoms with E-state index in [0.717, 1.165) is 0 Å². The highest BCUT2D eigenvalue weighted by Gasteiger charge is 2.32. The van der Waals surface area contributed by atoms with E-state index < -0.39 is 17.3 Å². The van der Waals surface area contributed by atoms with E-state index in [9.17, 15) is 4.79 Å². The molecule has 0 aromatic carbocycles. The van der Waals surface area contributed by atoms with Crippen LogP contribution in [0.15, 0.2) is 0 Å². The van der Waals surface area contributed by atoms with E-state index >= 15 is 0 Å². The van der Waals surface area contributed by atoms with Crippen molar-refractivity contribution in [2.75, 3.05) is 7.05 Å². The summed E-state index contributed by atoms with van der Waals surface area (Å²) in [5.41, 5.74) is -1.12. The Hall–Kier alpha value is -0.810. The molecule has 0 aromatic rings. The molecule has 0 unspecified atom stereocenters. The van der Waals surface area contributed by atoms with Gasteiger partial charge in [0.25, 0.3) is 0 Å². The fourth-order valence-corrected chi connectivity index (χ4v) is 1.40. The quantitative estimate of drug-likeness (QED) is 0.674. The number of rotatable bonds is 4. The third-order valence-electron chi connectivity index (χ3n) is 1.74. The smallest absolute Gasteiger partial charge is 0.407 e. The molecular formula is C9H20N2O3. The van der Waals surface area contributed by atoms with Gasteiger partial charge in [-0.1, -0.05) is 0 Å². The van der Waals surface area contributed by atoms with E-state index in [1.165, 1.54) is 7.05 Å². The number of alkyl carbamates (subject to hydrolysis) is 1. The van der Waals surface area contributed by atoms with Crippen LogP contribution >= 0.6 is 0 Å². The Morgan fingerprint density at radius 2 is 1.79 bits per heavy atom. The molecule has 3 N–H and O–H groups in total. The third-order valence-corrected chi connectivity index (χ3v) is 1.74. The maximum atomic E-state index is 11.0. The topological polar surface area (TPSA) is 73.6 Å². The molecule has 0 aromatic heterocycles. The molecule has 0 aliphatic rings. The largest absolute Gasteiger partial charge is 0.443 e. The van der Waals surface area contributed by atoms with Gasteiger partial charge in [-0.2, -0.15) is 0 Å². The number of carbonyl (C=O) groups excluding carboxylic acids is 1. The number of ether oxygens (including phenoxy) is 1. The minimum absolute atomic E-state index is 0.456. The van der Waals surface area contributed by atoms with Gasteiger partial charge in [0.2, 0.25) is 0 Å². The van der Waals surface area contributed by atoms with Gasteiger partial charge in [-0.05, 0) is 27.7 Å². The highest BCUT2D eigenvalue weighted by atomic mass is 16.6. The third kappa shape index (κ3) is 5.04. The van der Waals surface area contributed by atoms with Gasteiger partial charge in [-0.25, -0.2) is 10.7 Å². The first-order valence-electron chi connectivity index (χ1n) is 4.51. The average Bonchev–Trinajstić information content (AvgIpc) is 2.01. The summed E-state index contributed by atoms with van der Waals surface area (Å²) >= 11 is 0. The lowest BCUT2D eigenvalue weighted by atomic mass is 9.92. The van der Waals surface area contributed by atoms with E-state index in [-0.39, 0.29) is 0 Å². The van der Waals surface area contributed by atoms with Gasteiger partial charge >= 0.3 is 6.09 Å². The van der Waals surface area contributed by atoms with Gasteiger partial charge < -0.3 is 10.1 Å². The average molecular weight is 204 g/mol. The summed E-state index contributed by atoms with van der Waals surface area (Å²) in [5, 5.41) is 2.39. The molecule has 0 aliphatic heterocycles. The van der Waals surface area contributed by atoms with Gasteiger partial charge in [0.1, 0.15) is 5.60 Å². The molecule has 0 fully saturated rings. The number of carbonyl (C=O) groups is 1. The van der Waals surface area contributed by atoms with Crippen molar-refractivity contribution in [3.05, 3.63) is 0 Å². The molecule has 14 heavy (non-hydrogen) atoms. The van der Waals surface area contributed by atoms with Crippen LogP contribution in [0.25, 0.3) is 0 Å². The Labute approximate surface area is 84.9 Å². The molecule has 0 heterocycles. The SMILES string of the molecule is CNC(=O)OC(C)(C)CC(C)(C)ON. The number of nitrogens with one attached hydrogen (secondary N) is 1. The van der Waals surface area contributed by atoms with Crippen LogP contribution in [0.1, 0.15) is 34.1 Å². The first kappa shape index (κ1) is 13.2. The van der Waals surface area contributed by atoms with Crippen LogP contribution in [0.4, 0.5) is 4.79 Å². The lowest BCUT2D eigenvalue weighted by molar-refractivity contribution is -0.0779. The van der Waals surface area contributed by atoms with Gasteiger partial charge in [0.15, 0.2) is 0 Å². The van der Waals surface area contributed by atoms with Crippen molar-refractivity contribution in [1.29, 1.82) is 0 Å². The second-order valence-electron chi connectivity index (χ2n) is 4.45. The second kappa shape index (κ2) is 4.61. The fraction of sp³-hybridized carbons (Fsp3) is 0.889. The first-order chi connectivity index (χ1) is 6.22. The number of hydrogen-bond donors (Lipinski definition) is 2. The highest BCUT2D eigenvalue weighted by molar-refractivity contribution is 5.67. The van der Waals surface area contributed by atoms with Gasteiger partial charge in [-0.15, -0.1) is 0 Å². The summed E-state index contributed by atoms with van der Waals surface area (Å²) in [7, 11) is 1.52. The van der Waals surface area contributed by atoms with Crippen molar-refractivity contribution < 1.29 is 14.4 Å². The van der Waals surface area contributed by atoms with Crippen LogP contribution < -0.4 is 11.2 Å². The number of amides is 1. The van der Waals surface area contributed by atoms with E-state index in [4.69, 9.17) is 15.5 Å². The molecule has 0 saturated heterocycles. The van der Waals surface area contributed by atoms with Crippen LogP contribution in [0, 0.1) is 0 Å². The molecule has 0 bridgehead atoms. The molecule has 5 heteroatoms. The van der Waals surface area contributed by atoms with E-state index in [0.29, 0.717) is 6.42 Å². The summed E-state index contributed by atoms with van der Waals surface area (Å²) in [6.07, 6.45) is 0.0621. The molecule has 84 valence electrons. The Kier molecular flexibility index (Phi) is 4.35. The summed E-state index contributed by atoms with van der Waals surface area (Å²) in [5.74, 6) is 5.12. The summed E-state index contributed by atoms with van der Waals surface area (Å²) < 4.78 is 5.14. The van der Waals surface area contributed by atoms with Crippen LogP contribution in [0.3, 0.4) is 0 Å². The van der Waals surface area contributed by atoms with Crippen LogP contribution in [0.5, 0.6) is 0 Å². The zero-order valence-electron chi connectivity index (χ0n) is 9.51. The van der Waals surface area contributed by atoms with Crippen molar-refractivity contribution in [1.82, 2.24) is 5.32 Å². The Morgan fingerprint density at radius 1 is 1.29 bits per heavy atom. The van der Waals surface area contributed by atoms with Crippen LogP contribution in [0.2, 0.25) is 0 Å². The van der Waals surface area contributed by atoms with Gasteiger partial charge in [-0.3, -0.25) is 4.84 Å². The lowest BCUT2D eigenvalue weighted by Crippen LogP contribution is -2.41. The first-order valence-corrected chi connectivity index (χ1v) is 4.51. The Balaban J connectivity index is 4.26. The molecule has 0 saturated carbocycles. The molecule has 0 rings (SSSR count). The van der Waals surface area contributed by atoms with Gasteiger partial charge in [0.05, 0.1) is 5.60 Å². The standard InChI is InChI=1S/C9H20N2O3/c1-8(2,13-7(12)11-5)6-9(3,4)14-10/h6,10H2,1-5H3,(H,11,12). The van der Waals surface area contributed by atoms with Crippen molar-refractivity contribution in [2.45, 2.75) is 45.3 Å². The normalized spacial score (nSPS) is 12.4. The van der Waals surface area contributed by atoms with Crippen LogP contribution in [-0.2, 0) is 9.57 Å². The van der Waals surface area contributed by atoms with Crippen molar-refractivity contribution >= 4 is 6.09 Å². The molecule has 1 amide bonds. The summed E-state index contributed by atoms with van der Waals surface area (Å²) in [4.78, 5) is 15.8. The monoisotopic (exact) mass is 204 g/mol. The zero-order chi connectivity index (χ0) is 11.4. The van der Waals surface area contributed by atoms with Gasteiger partial charge in [0, 0.05) is 13.5 Å². The van der Waals surface area contributed by atoms with Crippen molar-refractivity contribution in [3.8, 4) is 0 Å². The summed E-state index contributed by atoms with van der Waals surface area (Å²) in [6, 6.07) is 0. The predicted molar refractivity (Wildman–Crippen MR) is 53.6 cm³/mol. The van der Waals surface area contributed by atoms with Crippen LogP contribution in [-0.4, -0.2) is 24.3 Å². The lowest BCUT2D eigenvalue weighted by Gasteiger charge is -2.32. The molecule has 0 radical (unpaired) electrons. The second-order valence-corrected chi connectivity index (χ2v) is 4.45. The van der Waals surface area contributed by atoms with E-state index in [1.54, 1.807) is 0 Å². The minimum Gasteiger partial charge on any atom is -0.443 e. The Bertz CT molecular complexity index is 202.